The summed E-state index contributed by atoms with van der Waals surface area (Å²) in [6.45, 7) is 2.90. The van der Waals surface area contributed by atoms with Gasteiger partial charge in [0.2, 0.25) is 5.91 Å². The highest BCUT2D eigenvalue weighted by molar-refractivity contribution is 8.00. The van der Waals surface area contributed by atoms with Gasteiger partial charge in [-0.15, -0.1) is 11.3 Å². The van der Waals surface area contributed by atoms with Crippen molar-refractivity contribution in [2.24, 2.45) is 5.92 Å². The standard InChI is InChI=1S/C23H25N3OS2/c1-14-7-10-17-18(11-14)29-23-20(17)22(25-21(26-23)16-8-9-16)28-13-19(27)24-12-15-5-3-2-4-6-15/h2-6,14,16H,7-13H2,1H3,(H,24,27)/t14-/m0/s1. The minimum Gasteiger partial charge on any atom is -0.351 e. The number of aromatic nitrogens is 2. The molecular weight excluding hydrogens is 398 g/mol. The maximum absolute atomic E-state index is 12.5. The van der Waals surface area contributed by atoms with Crippen molar-refractivity contribution in [3.63, 3.8) is 0 Å². The number of rotatable bonds is 6. The average Bonchev–Trinajstić information content (AvgIpc) is 3.52. The number of nitrogens with zero attached hydrogens (tertiary/aromatic N) is 2. The molecule has 1 saturated carbocycles. The highest BCUT2D eigenvalue weighted by Crippen LogP contribution is 2.44. The Labute approximate surface area is 179 Å². The Morgan fingerprint density at radius 1 is 1.21 bits per heavy atom. The minimum atomic E-state index is 0.0521. The first-order valence-corrected chi connectivity index (χ1v) is 12.2. The molecule has 1 atom stereocenters. The van der Waals surface area contributed by atoms with Gasteiger partial charge >= 0.3 is 0 Å². The summed E-state index contributed by atoms with van der Waals surface area (Å²) in [4.78, 5) is 24.9. The van der Waals surface area contributed by atoms with E-state index in [0.717, 1.165) is 40.0 Å². The van der Waals surface area contributed by atoms with Gasteiger partial charge in [-0.3, -0.25) is 4.79 Å². The topological polar surface area (TPSA) is 54.9 Å². The summed E-state index contributed by atoms with van der Waals surface area (Å²) in [6.07, 6.45) is 5.86. The third kappa shape index (κ3) is 4.19. The first-order chi connectivity index (χ1) is 14.2. The van der Waals surface area contributed by atoms with Crippen molar-refractivity contribution in [1.82, 2.24) is 15.3 Å². The quantitative estimate of drug-likeness (QED) is 0.443. The highest BCUT2D eigenvalue weighted by atomic mass is 32.2. The Balaban J connectivity index is 1.36. The predicted octanol–water partition coefficient (Wildman–Crippen LogP) is 5.10. The molecule has 0 radical (unpaired) electrons. The molecule has 1 fully saturated rings. The lowest BCUT2D eigenvalue weighted by Crippen LogP contribution is -2.24. The van der Waals surface area contributed by atoms with Crippen molar-refractivity contribution in [2.75, 3.05) is 5.75 Å². The van der Waals surface area contributed by atoms with Crippen LogP contribution < -0.4 is 5.32 Å². The fourth-order valence-electron chi connectivity index (χ4n) is 3.93. The minimum absolute atomic E-state index is 0.0521. The molecule has 0 aliphatic heterocycles. The molecule has 1 N–H and O–H groups in total. The molecule has 3 aromatic rings. The monoisotopic (exact) mass is 423 g/mol. The molecule has 150 valence electrons. The Morgan fingerprint density at radius 3 is 2.83 bits per heavy atom. The maximum Gasteiger partial charge on any atom is 0.230 e. The fourth-order valence-corrected chi connectivity index (χ4v) is 6.28. The van der Waals surface area contributed by atoms with Crippen LogP contribution in [0.3, 0.4) is 0 Å². The molecule has 2 aliphatic carbocycles. The van der Waals surface area contributed by atoms with E-state index in [1.807, 2.05) is 41.7 Å². The van der Waals surface area contributed by atoms with Gasteiger partial charge in [0, 0.05) is 22.7 Å². The summed E-state index contributed by atoms with van der Waals surface area (Å²) in [5.41, 5.74) is 2.56. The van der Waals surface area contributed by atoms with Crippen LogP contribution in [-0.2, 0) is 24.2 Å². The molecule has 29 heavy (non-hydrogen) atoms. The van der Waals surface area contributed by atoms with E-state index in [0.29, 0.717) is 18.2 Å². The zero-order chi connectivity index (χ0) is 19.8. The number of thiophene rings is 1. The summed E-state index contributed by atoms with van der Waals surface area (Å²) in [5, 5.41) is 5.27. The number of hydrogen-bond donors (Lipinski definition) is 1. The first kappa shape index (κ1) is 19.1. The molecule has 5 rings (SSSR count). The van der Waals surface area contributed by atoms with Gasteiger partial charge in [0.25, 0.3) is 0 Å². The van der Waals surface area contributed by atoms with E-state index in [1.165, 1.54) is 35.1 Å². The highest BCUT2D eigenvalue weighted by Gasteiger charge is 2.30. The number of carbonyl (C=O) groups is 1. The zero-order valence-electron chi connectivity index (χ0n) is 16.6. The Morgan fingerprint density at radius 2 is 2.03 bits per heavy atom. The molecule has 4 nitrogen and oxygen atoms in total. The average molecular weight is 424 g/mol. The van der Waals surface area contributed by atoms with E-state index in [-0.39, 0.29) is 5.91 Å². The van der Waals surface area contributed by atoms with E-state index in [1.54, 1.807) is 11.8 Å². The molecule has 0 bridgehead atoms. The number of amides is 1. The number of benzene rings is 1. The lowest BCUT2D eigenvalue weighted by atomic mass is 9.89. The molecule has 0 spiro atoms. The van der Waals surface area contributed by atoms with Crippen molar-refractivity contribution in [1.29, 1.82) is 0 Å². The maximum atomic E-state index is 12.5. The number of nitrogens with one attached hydrogen (secondary N) is 1. The predicted molar refractivity (Wildman–Crippen MR) is 120 cm³/mol. The largest absolute Gasteiger partial charge is 0.351 e. The van der Waals surface area contributed by atoms with Crippen LogP contribution in [0.4, 0.5) is 0 Å². The van der Waals surface area contributed by atoms with Crippen LogP contribution in [0.1, 0.15) is 53.9 Å². The summed E-state index contributed by atoms with van der Waals surface area (Å²) in [5.74, 6) is 2.69. The van der Waals surface area contributed by atoms with Gasteiger partial charge < -0.3 is 5.32 Å². The summed E-state index contributed by atoms with van der Waals surface area (Å²) >= 11 is 3.43. The van der Waals surface area contributed by atoms with Crippen LogP contribution in [-0.4, -0.2) is 21.6 Å². The summed E-state index contributed by atoms with van der Waals surface area (Å²) < 4.78 is 0. The molecule has 1 aromatic carbocycles. The van der Waals surface area contributed by atoms with Gasteiger partial charge in [0.1, 0.15) is 15.7 Å². The van der Waals surface area contributed by atoms with E-state index >= 15 is 0 Å². The number of fused-ring (bicyclic) bond motifs is 3. The smallest absolute Gasteiger partial charge is 0.230 e. The molecule has 6 heteroatoms. The van der Waals surface area contributed by atoms with Crippen LogP contribution in [0, 0.1) is 5.92 Å². The lowest BCUT2D eigenvalue weighted by Gasteiger charge is -2.18. The second-order valence-corrected chi connectivity index (χ2v) is 10.3. The van der Waals surface area contributed by atoms with Crippen LogP contribution in [0.2, 0.25) is 0 Å². The van der Waals surface area contributed by atoms with Crippen molar-refractivity contribution >= 4 is 39.2 Å². The second kappa shape index (κ2) is 8.07. The number of aryl methyl sites for hydroxylation is 1. The Kier molecular flexibility index (Phi) is 5.31. The van der Waals surface area contributed by atoms with Gasteiger partial charge in [-0.05, 0) is 49.1 Å². The van der Waals surface area contributed by atoms with Gasteiger partial charge in [-0.2, -0.15) is 0 Å². The Hall–Kier alpha value is -1.92. The Bertz CT molecular complexity index is 1040. The van der Waals surface area contributed by atoms with Crippen molar-refractivity contribution in [3.05, 3.63) is 52.2 Å². The van der Waals surface area contributed by atoms with Gasteiger partial charge in [-0.25, -0.2) is 9.97 Å². The van der Waals surface area contributed by atoms with E-state index < -0.39 is 0 Å². The van der Waals surface area contributed by atoms with E-state index in [2.05, 4.69) is 12.2 Å². The first-order valence-electron chi connectivity index (χ1n) is 10.4. The molecule has 1 amide bonds. The normalized spacial score (nSPS) is 18.6. The molecular formula is C23H25N3OS2. The van der Waals surface area contributed by atoms with Crippen LogP contribution in [0.5, 0.6) is 0 Å². The third-order valence-electron chi connectivity index (χ3n) is 5.75. The number of thioether (sulfide) groups is 1. The van der Waals surface area contributed by atoms with E-state index in [9.17, 15) is 4.79 Å². The summed E-state index contributed by atoms with van der Waals surface area (Å²) in [6, 6.07) is 10.0. The van der Waals surface area contributed by atoms with Gasteiger partial charge in [-0.1, -0.05) is 49.0 Å². The number of hydrogen-bond acceptors (Lipinski definition) is 5. The van der Waals surface area contributed by atoms with Gasteiger partial charge in [0.05, 0.1) is 5.75 Å². The fraction of sp³-hybridized carbons (Fsp3) is 0.435. The molecule has 2 aliphatic rings. The molecule has 2 aromatic heterocycles. The summed E-state index contributed by atoms with van der Waals surface area (Å²) in [7, 11) is 0. The van der Waals surface area contributed by atoms with Crippen molar-refractivity contribution in [2.45, 2.75) is 56.5 Å². The molecule has 0 saturated heterocycles. The second-order valence-electron chi connectivity index (χ2n) is 8.24. The third-order valence-corrected chi connectivity index (χ3v) is 7.88. The number of carbonyl (C=O) groups excluding carboxylic acids is 1. The van der Waals surface area contributed by atoms with Crippen LogP contribution in [0.25, 0.3) is 10.2 Å². The zero-order valence-corrected chi connectivity index (χ0v) is 18.2. The van der Waals surface area contributed by atoms with Crippen LogP contribution in [0.15, 0.2) is 35.4 Å². The van der Waals surface area contributed by atoms with Crippen molar-refractivity contribution < 1.29 is 4.79 Å². The van der Waals surface area contributed by atoms with E-state index in [4.69, 9.17) is 9.97 Å². The molecule has 0 unspecified atom stereocenters. The van der Waals surface area contributed by atoms with Crippen LogP contribution >= 0.6 is 23.1 Å². The van der Waals surface area contributed by atoms with Crippen molar-refractivity contribution in [3.8, 4) is 0 Å². The lowest BCUT2D eigenvalue weighted by molar-refractivity contribution is -0.118. The SMILES string of the molecule is C[C@H]1CCc2c(sc3nc(C4CC4)nc(SCC(=O)NCc4ccccc4)c23)C1. The molecule has 2 heterocycles. The van der Waals surface area contributed by atoms with Gasteiger partial charge in [0.15, 0.2) is 0 Å².